The third-order valence-electron chi connectivity index (χ3n) is 3.07. The minimum Gasteiger partial charge on any atom is -0.348 e. The minimum absolute atomic E-state index is 0.265. The Morgan fingerprint density at radius 3 is 2.89 bits per heavy atom. The summed E-state index contributed by atoms with van der Waals surface area (Å²) in [7, 11) is -3.23. The van der Waals surface area contributed by atoms with Gasteiger partial charge in [-0.3, -0.25) is 4.79 Å². The molecule has 7 heteroatoms. The average Bonchev–Trinajstić information content (AvgIpc) is 2.75. The number of carbonyl (C=O) groups is 1. The molecule has 0 saturated carbocycles. The molecule has 0 bridgehead atoms. The Bertz CT molecular complexity index is 565. The van der Waals surface area contributed by atoms with Crippen molar-refractivity contribution in [3.8, 4) is 0 Å². The van der Waals surface area contributed by atoms with Gasteiger partial charge in [-0.25, -0.2) is 8.42 Å². The summed E-state index contributed by atoms with van der Waals surface area (Å²) in [5.74, 6) is -0.273. The Hall–Kier alpha value is -0.590. The molecule has 1 unspecified atom stereocenters. The lowest BCUT2D eigenvalue weighted by atomic mass is 10.0. The molecule has 4 nitrogen and oxygen atoms in total. The molecule has 0 aliphatic carbocycles. The van der Waals surface area contributed by atoms with Crippen LogP contribution in [-0.4, -0.2) is 25.0 Å². The van der Waals surface area contributed by atoms with Crippen molar-refractivity contribution < 1.29 is 13.2 Å². The Kier molecular flexibility index (Phi) is 3.71. The number of carbonyl (C=O) groups excluding carboxylic acids is 1. The van der Waals surface area contributed by atoms with Gasteiger partial charge < -0.3 is 5.32 Å². The van der Waals surface area contributed by atoms with E-state index in [9.17, 15) is 13.2 Å². The number of sulfone groups is 1. The summed E-state index contributed by atoms with van der Waals surface area (Å²) < 4.78 is 24.6. The van der Waals surface area contributed by atoms with Crippen LogP contribution in [0.15, 0.2) is 15.7 Å². The fourth-order valence-corrected chi connectivity index (χ4v) is 5.28. The predicted octanol–water partition coefficient (Wildman–Crippen LogP) is 2.10. The van der Waals surface area contributed by atoms with E-state index in [4.69, 9.17) is 11.6 Å². The zero-order valence-corrected chi connectivity index (χ0v) is 12.4. The standard InChI is InChI=1S/C11H14ClNO3S2/c1-6-5-9(13-10(14)7(2)12)8-3-4-17-11(8)18(6,15)16/h3-4,6-7,9H,5H2,1-2H3,(H,13,14)/t6-,7?,9-/m0/s1. The van der Waals surface area contributed by atoms with Crippen LogP contribution in [-0.2, 0) is 14.6 Å². The van der Waals surface area contributed by atoms with Gasteiger partial charge in [-0.15, -0.1) is 22.9 Å². The average molecular weight is 308 g/mol. The van der Waals surface area contributed by atoms with Crippen molar-refractivity contribution in [1.82, 2.24) is 5.32 Å². The molecule has 1 aromatic heterocycles. The van der Waals surface area contributed by atoms with Gasteiger partial charge in [-0.05, 0) is 31.7 Å². The van der Waals surface area contributed by atoms with E-state index in [2.05, 4.69) is 5.32 Å². The fraction of sp³-hybridized carbons (Fsp3) is 0.545. The first-order chi connectivity index (χ1) is 8.34. The molecule has 18 heavy (non-hydrogen) atoms. The van der Waals surface area contributed by atoms with Crippen LogP contribution in [0.4, 0.5) is 0 Å². The molecule has 100 valence electrons. The maximum Gasteiger partial charge on any atom is 0.238 e. The van der Waals surface area contributed by atoms with Gasteiger partial charge in [-0.1, -0.05) is 0 Å². The summed E-state index contributed by atoms with van der Waals surface area (Å²) >= 11 is 6.92. The van der Waals surface area contributed by atoms with E-state index in [1.807, 2.05) is 0 Å². The Balaban J connectivity index is 2.34. The van der Waals surface area contributed by atoms with Crippen LogP contribution in [0.25, 0.3) is 0 Å². The van der Waals surface area contributed by atoms with Gasteiger partial charge >= 0.3 is 0 Å². The Morgan fingerprint density at radius 2 is 2.28 bits per heavy atom. The zero-order chi connectivity index (χ0) is 13.5. The predicted molar refractivity (Wildman–Crippen MR) is 71.8 cm³/mol. The summed E-state index contributed by atoms with van der Waals surface area (Å²) in [4.78, 5) is 11.6. The number of hydrogen-bond donors (Lipinski definition) is 1. The molecule has 0 spiro atoms. The smallest absolute Gasteiger partial charge is 0.238 e. The van der Waals surface area contributed by atoms with Gasteiger partial charge in [0.05, 0.1) is 11.3 Å². The van der Waals surface area contributed by atoms with E-state index in [0.29, 0.717) is 16.2 Å². The second kappa shape index (κ2) is 4.83. The molecular formula is C11H14ClNO3S2. The quantitative estimate of drug-likeness (QED) is 0.851. The first-order valence-corrected chi connectivity index (χ1v) is 8.46. The molecule has 3 atom stereocenters. The van der Waals surface area contributed by atoms with Gasteiger partial charge in [0, 0.05) is 5.56 Å². The summed E-state index contributed by atoms with van der Waals surface area (Å²) in [5, 5.41) is 3.43. The molecule has 1 aromatic rings. The lowest BCUT2D eigenvalue weighted by Gasteiger charge is -2.28. The van der Waals surface area contributed by atoms with Crippen molar-refractivity contribution in [2.75, 3.05) is 0 Å². The molecule has 2 heterocycles. The van der Waals surface area contributed by atoms with E-state index in [0.717, 1.165) is 0 Å². The first-order valence-electron chi connectivity index (χ1n) is 5.59. The lowest BCUT2D eigenvalue weighted by Crippen LogP contribution is -2.39. The maximum atomic E-state index is 12.1. The molecule has 1 aliphatic rings. The number of hydrogen-bond acceptors (Lipinski definition) is 4. The van der Waals surface area contributed by atoms with Crippen LogP contribution in [0.5, 0.6) is 0 Å². The van der Waals surface area contributed by atoms with Crippen LogP contribution >= 0.6 is 22.9 Å². The number of thiophene rings is 1. The summed E-state index contributed by atoms with van der Waals surface area (Å²) in [6, 6.07) is 1.49. The normalized spacial score (nSPS) is 27.3. The number of amides is 1. The van der Waals surface area contributed by atoms with Gasteiger partial charge in [0.2, 0.25) is 5.91 Å². The second-order valence-electron chi connectivity index (χ2n) is 4.43. The van der Waals surface area contributed by atoms with Gasteiger partial charge in [0.15, 0.2) is 9.84 Å². The van der Waals surface area contributed by atoms with Gasteiger partial charge in [0.1, 0.15) is 9.59 Å². The third kappa shape index (κ3) is 2.29. The summed E-state index contributed by atoms with van der Waals surface area (Å²) in [5.41, 5.74) is 0.684. The van der Waals surface area contributed by atoms with Gasteiger partial charge in [-0.2, -0.15) is 0 Å². The highest BCUT2D eigenvalue weighted by Crippen LogP contribution is 2.39. The highest BCUT2D eigenvalue weighted by molar-refractivity contribution is 7.94. The maximum absolute atomic E-state index is 12.1. The topological polar surface area (TPSA) is 63.2 Å². The number of nitrogens with one attached hydrogen (secondary N) is 1. The van der Waals surface area contributed by atoms with Crippen molar-refractivity contribution in [1.29, 1.82) is 0 Å². The van der Waals surface area contributed by atoms with Crippen LogP contribution in [0.1, 0.15) is 31.9 Å². The van der Waals surface area contributed by atoms with E-state index in [1.54, 1.807) is 25.3 Å². The number of halogens is 1. The van der Waals surface area contributed by atoms with Crippen molar-refractivity contribution in [2.24, 2.45) is 0 Å². The summed E-state index contributed by atoms with van der Waals surface area (Å²) in [6.07, 6.45) is 0.390. The molecule has 1 aliphatic heterocycles. The van der Waals surface area contributed by atoms with Crippen LogP contribution < -0.4 is 5.32 Å². The molecule has 1 amide bonds. The Morgan fingerprint density at radius 1 is 1.61 bits per heavy atom. The van der Waals surface area contributed by atoms with Crippen molar-refractivity contribution in [3.63, 3.8) is 0 Å². The highest BCUT2D eigenvalue weighted by Gasteiger charge is 2.38. The monoisotopic (exact) mass is 307 g/mol. The van der Waals surface area contributed by atoms with Crippen molar-refractivity contribution in [2.45, 2.75) is 41.1 Å². The van der Waals surface area contributed by atoms with E-state index < -0.39 is 20.5 Å². The van der Waals surface area contributed by atoms with E-state index in [1.165, 1.54) is 11.3 Å². The first kappa shape index (κ1) is 13.8. The van der Waals surface area contributed by atoms with Crippen LogP contribution in [0, 0.1) is 0 Å². The largest absolute Gasteiger partial charge is 0.348 e. The molecule has 1 N–H and O–H groups in total. The highest BCUT2D eigenvalue weighted by atomic mass is 35.5. The number of alkyl halides is 1. The summed E-state index contributed by atoms with van der Waals surface area (Å²) in [6.45, 7) is 3.26. The molecule has 0 radical (unpaired) electrons. The fourth-order valence-electron chi connectivity index (χ4n) is 1.99. The van der Waals surface area contributed by atoms with Crippen LogP contribution in [0.3, 0.4) is 0 Å². The molecule has 2 rings (SSSR count). The van der Waals surface area contributed by atoms with Crippen molar-refractivity contribution >= 4 is 38.7 Å². The molecule has 0 fully saturated rings. The molecule has 0 aromatic carbocycles. The van der Waals surface area contributed by atoms with E-state index >= 15 is 0 Å². The third-order valence-corrected chi connectivity index (χ3v) is 6.98. The lowest BCUT2D eigenvalue weighted by molar-refractivity contribution is -0.121. The van der Waals surface area contributed by atoms with Gasteiger partial charge in [0.25, 0.3) is 0 Å². The van der Waals surface area contributed by atoms with Crippen molar-refractivity contribution in [3.05, 3.63) is 17.0 Å². The number of fused-ring (bicyclic) bond motifs is 1. The van der Waals surface area contributed by atoms with E-state index in [-0.39, 0.29) is 11.9 Å². The number of rotatable bonds is 2. The SMILES string of the molecule is CC(Cl)C(=O)N[C@H]1C[C@H](C)S(=O)(=O)c2sccc21. The molecular weight excluding hydrogens is 294 g/mol. The molecule has 0 saturated heterocycles. The van der Waals surface area contributed by atoms with Crippen LogP contribution in [0.2, 0.25) is 0 Å². The minimum atomic E-state index is -3.23. The zero-order valence-electron chi connectivity index (χ0n) is 10.0. The second-order valence-corrected chi connectivity index (χ2v) is 8.56. The Labute approximate surface area is 115 Å².